The molecule has 3 aromatic rings. The van der Waals surface area contributed by atoms with Crippen molar-refractivity contribution in [3.05, 3.63) is 59.6 Å². The minimum atomic E-state index is -3.48. The third kappa shape index (κ3) is 3.73. The van der Waals surface area contributed by atoms with Crippen molar-refractivity contribution in [2.45, 2.75) is 4.90 Å². The Morgan fingerprint density at radius 3 is 2.15 bits per heavy atom. The summed E-state index contributed by atoms with van der Waals surface area (Å²) >= 11 is 3.33. The summed E-state index contributed by atoms with van der Waals surface area (Å²) < 4.78 is 29.7. The van der Waals surface area contributed by atoms with Gasteiger partial charge in [-0.3, -0.25) is 4.57 Å². The molecule has 1 aromatic carbocycles. The maximum Gasteiger partial charge on any atom is 0.243 e. The first-order chi connectivity index (χ1) is 13.0. The molecule has 2 aromatic heterocycles. The highest BCUT2D eigenvalue weighted by atomic mass is 79.9. The quantitative estimate of drug-likeness (QED) is 0.606. The number of rotatable bonds is 4. The Kier molecular flexibility index (Phi) is 4.94. The Hall–Kier alpha value is -2.30. The van der Waals surface area contributed by atoms with Gasteiger partial charge in [0.15, 0.2) is 11.6 Å². The molecule has 27 heavy (non-hydrogen) atoms. The Balaban J connectivity index is 1.43. The number of nitrogens with zero attached hydrogens (tertiary/aromatic N) is 6. The summed E-state index contributed by atoms with van der Waals surface area (Å²) in [5.74, 6) is 1.42. The minimum Gasteiger partial charge on any atom is -0.352 e. The lowest BCUT2D eigenvalue weighted by Crippen LogP contribution is -2.49. The maximum atomic E-state index is 12.8. The smallest absolute Gasteiger partial charge is 0.243 e. The number of hydrogen-bond acceptors (Lipinski definition) is 6. The second kappa shape index (κ2) is 7.37. The van der Waals surface area contributed by atoms with Crippen molar-refractivity contribution < 1.29 is 8.42 Å². The van der Waals surface area contributed by atoms with Crippen molar-refractivity contribution in [3.8, 4) is 5.82 Å². The van der Waals surface area contributed by atoms with Gasteiger partial charge in [-0.25, -0.2) is 13.4 Å². The average Bonchev–Trinajstić information content (AvgIpc) is 3.23. The van der Waals surface area contributed by atoms with Crippen molar-refractivity contribution in [2.24, 2.45) is 0 Å². The van der Waals surface area contributed by atoms with Crippen molar-refractivity contribution in [2.75, 3.05) is 31.1 Å². The van der Waals surface area contributed by atoms with Gasteiger partial charge < -0.3 is 4.90 Å². The predicted octanol–water partition coefficient (Wildman–Crippen LogP) is 1.94. The number of hydrogen-bond donors (Lipinski definition) is 0. The second-order valence-electron chi connectivity index (χ2n) is 6.06. The highest BCUT2D eigenvalue weighted by molar-refractivity contribution is 9.10. The van der Waals surface area contributed by atoms with E-state index < -0.39 is 10.0 Å². The molecule has 1 saturated heterocycles. The molecule has 1 aliphatic rings. The number of imidazole rings is 1. The van der Waals surface area contributed by atoms with E-state index in [1.54, 1.807) is 47.6 Å². The van der Waals surface area contributed by atoms with E-state index in [2.05, 4.69) is 31.1 Å². The van der Waals surface area contributed by atoms with E-state index in [0.29, 0.717) is 36.9 Å². The maximum absolute atomic E-state index is 12.8. The molecule has 0 aliphatic carbocycles. The molecule has 140 valence electrons. The molecule has 1 aliphatic heterocycles. The van der Waals surface area contributed by atoms with Gasteiger partial charge in [-0.2, -0.15) is 4.31 Å². The molecule has 0 radical (unpaired) electrons. The third-order valence-electron chi connectivity index (χ3n) is 4.42. The highest BCUT2D eigenvalue weighted by Gasteiger charge is 2.29. The summed E-state index contributed by atoms with van der Waals surface area (Å²) in [4.78, 5) is 6.34. The topological polar surface area (TPSA) is 84.2 Å². The molecular weight excluding hydrogens is 432 g/mol. The van der Waals surface area contributed by atoms with Crippen molar-refractivity contribution in [1.82, 2.24) is 24.1 Å². The molecule has 4 rings (SSSR count). The monoisotopic (exact) mass is 448 g/mol. The first-order valence-corrected chi connectivity index (χ1v) is 10.6. The van der Waals surface area contributed by atoms with Gasteiger partial charge >= 0.3 is 0 Å². The van der Waals surface area contributed by atoms with Gasteiger partial charge in [-0.05, 0) is 36.4 Å². The summed E-state index contributed by atoms with van der Waals surface area (Å²) in [5, 5.41) is 8.48. The van der Waals surface area contributed by atoms with Crippen molar-refractivity contribution >= 4 is 31.8 Å². The van der Waals surface area contributed by atoms with Gasteiger partial charge in [-0.1, -0.05) is 15.9 Å². The van der Waals surface area contributed by atoms with Crippen LogP contribution in [0.2, 0.25) is 0 Å². The van der Waals surface area contributed by atoms with Crippen LogP contribution >= 0.6 is 15.9 Å². The average molecular weight is 449 g/mol. The van der Waals surface area contributed by atoms with E-state index in [0.717, 1.165) is 10.3 Å². The van der Waals surface area contributed by atoms with Gasteiger partial charge in [0, 0.05) is 43.0 Å². The Morgan fingerprint density at radius 2 is 1.56 bits per heavy atom. The van der Waals surface area contributed by atoms with Gasteiger partial charge in [0.25, 0.3) is 0 Å². The molecule has 0 amide bonds. The van der Waals surface area contributed by atoms with E-state index in [1.807, 2.05) is 17.0 Å². The summed E-state index contributed by atoms with van der Waals surface area (Å²) in [6.45, 7) is 1.94. The number of aromatic nitrogens is 4. The highest BCUT2D eigenvalue weighted by Crippen LogP contribution is 2.21. The third-order valence-corrected chi connectivity index (χ3v) is 6.86. The molecule has 0 spiro atoms. The van der Waals surface area contributed by atoms with Crippen LogP contribution in [-0.4, -0.2) is 58.7 Å². The number of sulfonamides is 1. The SMILES string of the molecule is O=S(=O)(c1ccc(Br)cc1)N1CCN(c2ccc(-n3ccnc3)nn2)CC1. The van der Waals surface area contributed by atoms with E-state index in [4.69, 9.17) is 0 Å². The first-order valence-electron chi connectivity index (χ1n) is 8.37. The molecule has 3 heterocycles. The molecule has 0 atom stereocenters. The van der Waals surface area contributed by atoms with Crippen LogP contribution in [0.15, 0.2) is 64.5 Å². The lowest BCUT2D eigenvalue weighted by atomic mass is 10.3. The number of halogens is 1. The van der Waals surface area contributed by atoms with Crippen LogP contribution in [0.25, 0.3) is 5.82 Å². The van der Waals surface area contributed by atoms with Gasteiger partial charge in [0.1, 0.15) is 6.33 Å². The predicted molar refractivity (Wildman–Crippen MR) is 104 cm³/mol. The molecule has 0 saturated carbocycles. The fourth-order valence-electron chi connectivity index (χ4n) is 2.93. The minimum absolute atomic E-state index is 0.309. The van der Waals surface area contributed by atoms with Gasteiger partial charge in [0.2, 0.25) is 10.0 Å². The van der Waals surface area contributed by atoms with Gasteiger partial charge in [-0.15, -0.1) is 10.2 Å². The molecule has 10 heteroatoms. The first kappa shape index (κ1) is 18.1. The van der Waals surface area contributed by atoms with Crippen molar-refractivity contribution in [3.63, 3.8) is 0 Å². The Bertz CT molecular complexity index is 999. The van der Waals surface area contributed by atoms with Crippen LogP contribution in [0, 0.1) is 0 Å². The largest absolute Gasteiger partial charge is 0.352 e. The fraction of sp³-hybridized carbons (Fsp3) is 0.235. The molecular formula is C17H17BrN6O2S. The van der Waals surface area contributed by atoms with E-state index in [-0.39, 0.29) is 0 Å². The molecule has 0 unspecified atom stereocenters. The summed E-state index contributed by atoms with van der Waals surface area (Å²) in [6.07, 6.45) is 5.14. The number of anilines is 1. The zero-order chi connectivity index (χ0) is 18.9. The second-order valence-corrected chi connectivity index (χ2v) is 8.92. The molecule has 0 N–H and O–H groups in total. The number of piperazine rings is 1. The normalized spacial score (nSPS) is 15.8. The number of benzene rings is 1. The standard InChI is InChI=1S/C17H17BrN6O2S/c18-14-1-3-15(4-2-14)27(25,26)24-11-9-22(10-12-24)16-5-6-17(21-20-16)23-8-7-19-13-23/h1-8,13H,9-12H2. The zero-order valence-corrected chi connectivity index (χ0v) is 16.7. The van der Waals surface area contributed by atoms with E-state index in [1.165, 1.54) is 4.31 Å². The van der Waals surface area contributed by atoms with Crippen molar-refractivity contribution in [1.29, 1.82) is 0 Å². The summed E-state index contributed by atoms with van der Waals surface area (Å²) in [7, 11) is -3.48. The lowest BCUT2D eigenvalue weighted by Gasteiger charge is -2.34. The molecule has 1 fully saturated rings. The summed E-state index contributed by atoms with van der Waals surface area (Å²) in [6, 6.07) is 10.5. The lowest BCUT2D eigenvalue weighted by molar-refractivity contribution is 0.383. The molecule has 8 nitrogen and oxygen atoms in total. The van der Waals surface area contributed by atoms with Crippen LogP contribution in [0.4, 0.5) is 5.82 Å². The van der Waals surface area contributed by atoms with Gasteiger partial charge in [0.05, 0.1) is 4.90 Å². The zero-order valence-electron chi connectivity index (χ0n) is 14.3. The van der Waals surface area contributed by atoms with Crippen LogP contribution in [0.5, 0.6) is 0 Å². The molecule has 0 bridgehead atoms. The van der Waals surface area contributed by atoms with Crippen LogP contribution in [-0.2, 0) is 10.0 Å². The van der Waals surface area contributed by atoms with E-state index >= 15 is 0 Å². The Morgan fingerprint density at radius 1 is 0.889 bits per heavy atom. The summed E-state index contributed by atoms with van der Waals surface area (Å²) in [5.41, 5.74) is 0. The Labute approximate surface area is 165 Å². The van der Waals surface area contributed by atoms with Crippen LogP contribution in [0.3, 0.4) is 0 Å². The fourth-order valence-corrected chi connectivity index (χ4v) is 4.62. The van der Waals surface area contributed by atoms with Crippen LogP contribution in [0.1, 0.15) is 0 Å². The van der Waals surface area contributed by atoms with E-state index in [9.17, 15) is 8.42 Å². The van der Waals surface area contributed by atoms with Crippen LogP contribution < -0.4 is 4.90 Å².